The third kappa shape index (κ3) is 7.03. The lowest BCUT2D eigenvalue weighted by molar-refractivity contribution is -0.121. The Hall–Kier alpha value is -3.84. The largest absolute Gasteiger partial charge is 0.369 e. The maximum atomic E-state index is 12.0. The van der Waals surface area contributed by atoms with Gasteiger partial charge in [-0.3, -0.25) is 14.4 Å². The first kappa shape index (κ1) is 22.3. The zero-order chi connectivity index (χ0) is 48.6. The number of halogens is 3. The highest BCUT2D eigenvalue weighted by Gasteiger charge is 2.35. The van der Waals surface area contributed by atoms with Gasteiger partial charge in [-0.15, -0.1) is 0 Å². The molecule has 6 aliphatic carbocycles. The second kappa shape index (κ2) is 14.7. The zero-order valence-electron chi connectivity index (χ0n) is 41.1. The van der Waals surface area contributed by atoms with E-state index in [4.69, 9.17) is 71.2 Å². The Kier molecular flexibility index (Phi) is 6.40. The number of allylic oxidation sites excluding steroid dienone is 3. The predicted molar refractivity (Wildman–Crippen MR) is 206 cm³/mol. The van der Waals surface area contributed by atoms with Crippen LogP contribution in [0.4, 0.5) is 0 Å². The van der Waals surface area contributed by atoms with E-state index in [1.165, 1.54) is 12.1 Å². The molecule has 0 radical (unpaired) electrons. The molecule has 0 saturated carbocycles. The topological polar surface area (TPSA) is 129 Å². The molecule has 9 rings (SSSR count). The molecule has 3 aromatic carbocycles. The fraction of sp³-hybridized carbons (Fsp3) is 0.357. The Morgan fingerprint density at radius 3 is 1.57 bits per heavy atom. The van der Waals surface area contributed by atoms with Crippen molar-refractivity contribution in [2.75, 3.05) is 0 Å². The molecule has 0 spiro atoms. The number of hydrogen-bond acceptors (Lipinski definition) is 3. The molecule has 3 aromatic rings. The molecular weight excluding hydrogens is 701 g/mol. The monoisotopic (exact) mass is 755 g/mol. The fourth-order valence-electron chi connectivity index (χ4n) is 7.35. The average Bonchev–Trinajstić information content (AvgIpc) is 3.89. The molecule has 0 saturated heterocycles. The lowest BCUT2D eigenvalue weighted by Crippen LogP contribution is -2.27. The molecule has 0 fully saturated rings. The van der Waals surface area contributed by atoms with Gasteiger partial charge in [-0.2, -0.15) is 0 Å². The van der Waals surface area contributed by atoms with Crippen LogP contribution in [0.1, 0.15) is 110 Å². The summed E-state index contributed by atoms with van der Waals surface area (Å²) >= 11 is 18.0. The van der Waals surface area contributed by atoms with E-state index in [1.54, 1.807) is 24.3 Å². The first-order valence-electron chi connectivity index (χ1n) is 23.2. The van der Waals surface area contributed by atoms with E-state index in [0.717, 1.165) is 35.1 Å². The van der Waals surface area contributed by atoms with E-state index in [-0.39, 0.29) is 35.1 Å². The number of amides is 3. The van der Waals surface area contributed by atoms with Crippen molar-refractivity contribution in [1.29, 1.82) is 0 Å². The number of carbonyl (C=O) groups excluding carboxylic acids is 3. The molecule has 6 N–H and O–H groups in total. The van der Waals surface area contributed by atoms with E-state index in [9.17, 15) is 14.4 Å². The van der Waals surface area contributed by atoms with Crippen LogP contribution in [-0.2, 0) is 33.6 Å². The van der Waals surface area contributed by atoms with Gasteiger partial charge in [-0.05, 0) is 180 Å². The Morgan fingerprint density at radius 2 is 1.06 bits per heavy atom. The van der Waals surface area contributed by atoms with Crippen molar-refractivity contribution < 1.29 is 33.6 Å². The third-order valence-electron chi connectivity index (χ3n) is 9.66. The molecule has 0 aliphatic heterocycles. The number of hydrogen-bond donors (Lipinski definition) is 3. The van der Waals surface area contributed by atoms with Crippen LogP contribution in [0.2, 0.25) is 15.1 Å². The average molecular weight is 757 g/mol. The number of nitrogens with two attached hydrogens (primary N) is 3. The highest BCUT2D eigenvalue weighted by Crippen LogP contribution is 2.47. The third-order valence-corrected chi connectivity index (χ3v) is 10.4. The first-order chi connectivity index (χ1) is 29.7. The van der Waals surface area contributed by atoms with Gasteiger partial charge in [-0.1, -0.05) is 53.0 Å². The van der Waals surface area contributed by atoms with Gasteiger partial charge in [0.05, 0.1) is 17.7 Å². The van der Waals surface area contributed by atoms with Crippen LogP contribution in [0, 0.1) is 17.7 Å². The highest BCUT2D eigenvalue weighted by molar-refractivity contribution is 6.31. The first-order valence-corrected chi connectivity index (χ1v) is 17.3. The molecule has 6 nitrogen and oxygen atoms in total. The summed E-state index contributed by atoms with van der Waals surface area (Å²) in [5, 5.41) is 1.35. The van der Waals surface area contributed by atoms with Crippen LogP contribution in [0.15, 0.2) is 71.3 Å². The molecule has 9 heteroatoms. The minimum atomic E-state index is -3.15. The molecule has 0 bridgehead atoms. The van der Waals surface area contributed by atoms with Crippen LogP contribution in [0.3, 0.4) is 0 Å². The van der Waals surface area contributed by atoms with Crippen molar-refractivity contribution >= 4 is 69.2 Å². The molecule has 3 amide bonds. The van der Waals surface area contributed by atoms with Crippen LogP contribution >= 0.6 is 34.8 Å². The quantitative estimate of drug-likeness (QED) is 0.247. The van der Waals surface area contributed by atoms with Gasteiger partial charge in [0, 0.05) is 34.3 Å². The van der Waals surface area contributed by atoms with Crippen molar-refractivity contribution in [2.24, 2.45) is 34.9 Å². The summed E-state index contributed by atoms with van der Waals surface area (Å²) < 4.78 is 114. The molecule has 6 aliphatic rings. The molecule has 3 unspecified atom stereocenters. The van der Waals surface area contributed by atoms with Crippen molar-refractivity contribution in [1.82, 2.24) is 0 Å². The van der Waals surface area contributed by atoms with E-state index < -0.39 is 73.7 Å². The Morgan fingerprint density at radius 1 is 0.608 bits per heavy atom. The summed E-state index contributed by atoms with van der Waals surface area (Å²) in [5.74, 6) is -8.35. The summed E-state index contributed by atoms with van der Waals surface area (Å²) in [5.41, 5.74) is 22.2. The second-order valence-corrected chi connectivity index (χ2v) is 14.0. The highest BCUT2D eigenvalue weighted by atomic mass is 35.5. The van der Waals surface area contributed by atoms with Gasteiger partial charge < -0.3 is 17.2 Å². The Labute approximate surface area is 333 Å². The number of carbonyl (C=O) groups is 3. The normalized spacial score (nSPS) is 35.2. The molecule has 3 atom stereocenters. The molecule has 0 aromatic heterocycles. The van der Waals surface area contributed by atoms with E-state index in [1.807, 2.05) is 18.2 Å². The van der Waals surface area contributed by atoms with Crippen molar-refractivity contribution in [3.63, 3.8) is 0 Å². The van der Waals surface area contributed by atoms with Gasteiger partial charge in [-0.25, -0.2) is 0 Å². The van der Waals surface area contributed by atoms with Crippen LogP contribution < -0.4 is 17.2 Å². The SMILES string of the molecule is [2H]C1(C(N)=O)CCCC2=C1Cc1ccc(Cl)cc12.[2H]C1([2H])C2=C(Cc3ccc(Cl)cc32)C(C(N)=O)C([2H])([2H])C1([2H])[2H].[2H]C1([2H])C2=C(Cc3ccc(Cl)cc32)C([2H])(C(N)=O)C([2H])([2H])C1([2H])[2H]. The maximum absolute atomic E-state index is 12.0. The summed E-state index contributed by atoms with van der Waals surface area (Å²) in [6.07, 6.45) is -14.3. The number of primary amides is 3. The number of rotatable bonds is 3. The lowest BCUT2D eigenvalue weighted by Gasteiger charge is -2.22. The Bertz CT molecular complexity index is 2720. The minimum Gasteiger partial charge on any atom is -0.369 e. The van der Waals surface area contributed by atoms with Crippen molar-refractivity contribution in [3.05, 3.63) is 120 Å². The maximum Gasteiger partial charge on any atom is 0.224 e. The van der Waals surface area contributed by atoms with Crippen LogP contribution in [0.5, 0.6) is 0 Å². The van der Waals surface area contributed by atoms with Gasteiger partial charge in [0.2, 0.25) is 17.7 Å². The van der Waals surface area contributed by atoms with Crippen molar-refractivity contribution in [2.45, 2.75) is 76.8 Å². The van der Waals surface area contributed by atoms with Gasteiger partial charge in [0.15, 0.2) is 0 Å². The number of fused-ring (bicyclic) bond motifs is 6. The van der Waals surface area contributed by atoms with Crippen LogP contribution in [0.25, 0.3) is 16.7 Å². The van der Waals surface area contributed by atoms with E-state index >= 15 is 0 Å². The number of benzene rings is 3. The second-order valence-electron chi connectivity index (χ2n) is 12.7. The van der Waals surface area contributed by atoms with Gasteiger partial charge in [0.25, 0.3) is 0 Å². The summed E-state index contributed by atoms with van der Waals surface area (Å²) in [4.78, 5) is 35.5. The fourth-order valence-corrected chi connectivity index (χ4v) is 7.87. The molecule has 264 valence electrons. The van der Waals surface area contributed by atoms with E-state index in [2.05, 4.69) is 0 Å². The smallest absolute Gasteiger partial charge is 0.224 e. The van der Waals surface area contributed by atoms with E-state index in [0.29, 0.717) is 50.2 Å². The Balaban J connectivity index is 0.000000147. The zero-order valence-corrected chi connectivity index (χ0v) is 29.4. The van der Waals surface area contributed by atoms with Crippen LogP contribution in [-0.4, -0.2) is 17.7 Å². The minimum absolute atomic E-state index is 0.000995. The predicted octanol–water partition coefficient (Wildman–Crippen LogP) is 8.81. The summed E-state index contributed by atoms with van der Waals surface area (Å²) in [6, 6.07) is 15.2. The summed E-state index contributed by atoms with van der Waals surface area (Å²) in [6.45, 7) is 0. The molecular formula is C42H42Cl3N3O3. The lowest BCUT2D eigenvalue weighted by atomic mass is 9.82. The van der Waals surface area contributed by atoms with Crippen molar-refractivity contribution in [3.8, 4) is 0 Å². The standard InChI is InChI=1S/3C14H14ClNO/c3*15-9-5-4-8-6-13-10(12(8)7-9)2-1-3-11(13)14(16)17/h3*4-5,7,11H,1-3,6H2,(H2,16,17)/i1D2,2D2,3D2,11D;1D2,2D2,3D2;11D. The molecule has 51 heavy (non-hydrogen) atoms. The summed E-state index contributed by atoms with van der Waals surface area (Å²) in [7, 11) is 0. The van der Waals surface area contributed by atoms with Gasteiger partial charge >= 0.3 is 0 Å². The molecule has 0 heterocycles. The van der Waals surface area contributed by atoms with Gasteiger partial charge in [0.1, 0.15) is 0 Å².